The summed E-state index contributed by atoms with van der Waals surface area (Å²) in [5.74, 6) is 0.748. The van der Waals surface area contributed by atoms with Crippen molar-refractivity contribution in [2.75, 3.05) is 50.9 Å². The third-order valence-corrected chi connectivity index (χ3v) is 6.45. The highest BCUT2D eigenvalue weighted by Gasteiger charge is 2.22. The van der Waals surface area contributed by atoms with Crippen molar-refractivity contribution >= 4 is 32.6 Å². The van der Waals surface area contributed by atoms with Crippen LogP contribution in [-0.2, 0) is 4.74 Å². The van der Waals surface area contributed by atoms with E-state index < -0.39 is 0 Å². The van der Waals surface area contributed by atoms with Crippen LogP contribution in [-0.4, -0.2) is 61.8 Å². The number of aryl methyl sites for hydroxylation is 1. The van der Waals surface area contributed by atoms with E-state index >= 15 is 0 Å². The predicted molar refractivity (Wildman–Crippen MR) is 126 cm³/mol. The Morgan fingerprint density at radius 1 is 1.19 bits per heavy atom. The number of aromatic nitrogens is 1. The van der Waals surface area contributed by atoms with Gasteiger partial charge in [0.1, 0.15) is 11.3 Å². The maximum Gasteiger partial charge on any atom is 0.260 e. The van der Waals surface area contributed by atoms with E-state index in [-0.39, 0.29) is 5.91 Å². The molecule has 0 unspecified atom stereocenters. The summed E-state index contributed by atoms with van der Waals surface area (Å²) in [5, 5.41) is 0.717. The SMILES string of the molecule is CCOc1cccc2sc(N(CCCN3CCOCC3)C(=O)c3ccc(C)cc3)nc12. The molecule has 1 aliphatic heterocycles. The fraction of sp³-hybridized carbons (Fsp3) is 0.417. The first-order chi connectivity index (χ1) is 15.2. The summed E-state index contributed by atoms with van der Waals surface area (Å²) in [4.78, 5) is 22.5. The third kappa shape index (κ3) is 5.23. The van der Waals surface area contributed by atoms with Crippen molar-refractivity contribution in [3.8, 4) is 5.75 Å². The Hall–Kier alpha value is -2.48. The minimum Gasteiger partial charge on any atom is -0.492 e. The van der Waals surface area contributed by atoms with Crippen molar-refractivity contribution in [3.05, 3.63) is 53.6 Å². The van der Waals surface area contributed by atoms with Crippen LogP contribution in [0.1, 0.15) is 29.3 Å². The zero-order valence-corrected chi connectivity index (χ0v) is 19.0. The highest BCUT2D eigenvalue weighted by atomic mass is 32.1. The Labute approximate surface area is 187 Å². The molecule has 6 nitrogen and oxygen atoms in total. The molecule has 0 bridgehead atoms. The minimum atomic E-state index is -0.0148. The van der Waals surface area contributed by atoms with Crippen LogP contribution in [0.4, 0.5) is 5.13 Å². The maximum atomic E-state index is 13.5. The fourth-order valence-electron chi connectivity index (χ4n) is 3.71. The van der Waals surface area contributed by atoms with Crippen LogP contribution in [0.3, 0.4) is 0 Å². The number of hydrogen-bond donors (Lipinski definition) is 0. The van der Waals surface area contributed by atoms with Gasteiger partial charge in [-0.2, -0.15) is 0 Å². The van der Waals surface area contributed by atoms with E-state index in [2.05, 4.69) is 4.90 Å². The van der Waals surface area contributed by atoms with Gasteiger partial charge in [0.2, 0.25) is 0 Å². The number of nitrogens with zero attached hydrogens (tertiary/aromatic N) is 3. The molecule has 1 aliphatic rings. The number of fused-ring (bicyclic) bond motifs is 1. The van der Waals surface area contributed by atoms with Crippen molar-refractivity contribution in [3.63, 3.8) is 0 Å². The number of amides is 1. The molecular weight excluding hydrogens is 410 g/mol. The molecule has 1 amide bonds. The summed E-state index contributed by atoms with van der Waals surface area (Å²) in [6.45, 7) is 9.59. The van der Waals surface area contributed by atoms with Gasteiger partial charge in [-0.15, -0.1) is 0 Å². The average Bonchev–Trinajstić information content (AvgIpc) is 3.23. The van der Waals surface area contributed by atoms with Gasteiger partial charge in [0.05, 0.1) is 24.5 Å². The zero-order valence-electron chi connectivity index (χ0n) is 18.2. The van der Waals surface area contributed by atoms with Crippen molar-refractivity contribution in [2.45, 2.75) is 20.3 Å². The van der Waals surface area contributed by atoms with Gasteiger partial charge in [0.25, 0.3) is 5.91 Å². The van der Waals surface area contributed by atoms with Crippen molar-refractivity contribution < 1.29 is 14.3 Å². The molecule has 0 atom stereocenters. The molecule has 0 saturated carbocycles. The highest BCUT2D eigenvalue weighted by Crippen LogP contribution is 2.35. The van der Waals surface area contributed by atoms with Crippen molar-refractivity contribution in [1.82, 2.24) is 9.88 Å². The van der Waals surface area contributed by atoms with Crippen LogP contribution in [0.5, 0.6) is 5.75 Å². The van der Waals surface area contributed by atoms with E-state index in [1.165, 1.54) is 11.3 Å². The summed E-state index contributed by atoms with van der Waals surface area (Å²) in [6.07, 6.45) is 0.881. The van der Waals surface area contributed by atoms with Crippen LogP contribution in [0.15, 0.2) is 42.5 Å². The summed E-state index contributed by atoms with van der Waals surface area (Å²) in [7, 11) is 0. The largest absolute Gasteiger partial charge is 0.492 e. The van der Waals surface area contributed by atoms with Crippen LogP contribution in [0, 0.1) is 6.92 Å². The van der Waals surface area contributed by atoms with Gasteiger partial charge < -0.3 is 9.47 Å². The molecule has 7 heteroatoms. The molecule has 0 aliphatic carbocycles. The predicted octanol–water partition coefficient (Wildman–Crippen LogP) is 4.37. The average molecular weight is 440 g/mol. The lowest BCUT2D eigenvalue weighted by Gasteiger charge is -2.27. The molecule has 164 valence electrons. The molecule has 0 N–H and O–H groups in total. The first-order valence-electron chi connectivity index (χ1n) is 10.9. The second-order valence-corrected chi connectivity index (χ2v) is 8.67. The Balaban J connectivity index is 1.59. The Morgan fingerprint density at radius 2 is 1.97 bits per heavy atom. The molecule has 1 saturated heterocycles. The van der Waals surface area contributed by atoms with E-state index in [0.29, 0.717) is 18.7 Å². The topological polar surface area (TPSA) is 54.9 Å². The van der Waals surface area contributed by atoms with E-state index in [0.717, 1.165) is 65.9 Å². The lowest BCUT2D eigenvalue weighted by atomic mass is 10.1. The Kier molecular flexibility index (Phi) is 7.17. The fourth-order valence-corrected chi connectivity index (χ4v) is 4.72. The van der Waals surface area contributed by atoms with Gasteiger partial charge in [0.15, 0.2) is 5.13 Å². The smallest absolute Gasteiger partial charge is 0.260 e. The number of para-hydroxylation sites is 1. The number of hydrogen-bond acceptors (Lipinski definition) is 6. The molecule has 0 radical (unpaired) electrons. The monoisotopic (exact) mass is 439 g/mol. The molecule has 1 fully saturated rings. The number of carbonyl (C=O) groups is 1. The van der Waals surface area contributed by atoms with Crippen LogP contribution in [0.25, 0.3) is 10.2 Å². The quantitative estimate of drug-likeness (QED) is 0.522. The van der Waals surface area contributed by atoms with Gasteiger partial charge in [0, 0.05) is 31.7 Å². The van der Waals surface area contributed by atoms with Crippen LogP contribution >= 0.6 is 11.3 Å². The highest BCUT2D eigenvalue weighted by molar-refractivity contribution is 7.22. The van der Waals surface area contributed by atoms with Gasteiger partial charge in [-0.25, -0.2) is 4.98 Å². The number of ether oxygens (including phenoxy) is 2. The van der Waals surface area contributed by atoms with E-state index in [1.54, 1.807) is 0 Å². The second-order valence-electron chi connectivity index (χ2n) is 7.66. The summed E-state index contributed by atoms with van der Waals surface area (Å²) >= 11 is 1.54. The number of benzene rings is 2. The van der Waals surface area contributed by atoms with Crippen molar-refractivity contribution in [2.24, 2.45) is 0 Å². The molecule has 4 rings (SSSR count). The minimum absolute atomic E-state index is 0.0148. The van der Waals surface area contributed by atoms with Gasteiger partial charge in [-0.05, 0) is 44.5 Å². The number of rotatable bonds is 8. The molecule has 31 heavy (non-hydrogen) atoms. The van der Waals surface area contributed by atoms with E-state index in [4.69, 9.17) is 14.5 Å². The second kappa shape index (κ2) is 10.2. The number of morpholine rings is 1. The molecule has 2 aromatic carbocycles. The van der Waals surface area contributed by atoms with Gasteiger partial charge in [-0.3, -0.25) is 14.6 Å². The maximum absolute atomic E-state index is 13.5. The summed E-state index contributed by atoms with van der Waals surface area (Å²) < 4.78 is 12.2. The van der Waals surface area contributed by atoms with Crippen molar-refractivity contribution in [1.29, 1.82) is 0 Å². The normalized spacial score (nSPS) is 14.6. The standard InChI is InChI=1S/C24H29N3O3S/c1-3-30-20-6-4-7-21-22(20)25-24(31-21)27(13-5-12-26-14-16-29-17-15-26)23(28)19-10-8-18(2)9-11-19/h4,6-11H,3,5,12-17H2,1-2H3. The first kappa shape index (κ1) is 21.7. The van der Waals surface area contributed by atoms with Gasteiger partial charge in [-0.1, -0.05) is 35.1 Å². The number of carbonyl (C=O) groups excluding carboxylic acids is 1. The lowest BCUT2D eigenvalue weighted by Crippen LogP contribution is -2.39. The van der Waals surface area contributed by atoms with E-state index in [9.17, 15) is 4.79 Å². The molecule has 3 aromatic rings. The Bertz CT molecular complexity index is 1010. The Morgan fingerprint density at radius 3 is 2.71 bits per heavy atom. The summed E-state index contributed by atoms with van der Waals surface area (Å²) in [6, 6.07) is 13.7. The molecule has 1 aromatic heterocycles. The molecule has 2 heterocycles. The van der Waals surface area contributed by atoms with Crippen LogP contribution in [0.2, 0.25) is 0 Å². The first-order valence-corrected chi connectivity index (χ1v) is 11.7. The molecular formula is C24H29N3O3S. The zero-order chi connectivity index (χ0) is 21.6. The lowest BCUT2D eigenvalue weighted by molar-refractivity contribution is 0.0376. The number of anilines is 1. The van der Waals surface area contributed by atoms with E-state index in [1.807, 2.05) is 61.2 Å². The molecule has 0 spiro atoms. The van der Waals surface area contributed by atoms with Crippen LogP contribution < -0.4 is 9.64 Å². The van der Waals surface area contributed by atoms with Gasteiger partial charge >= 0.3 is 0 Å². The number of thiazole rings is 1. The third-order valence-electron chi connectivity index (χ3n) is 5.40. The summed E-state index contributed by atoms with van der Waals surface area (Å²) in [5.41, 5.74) is 2.64.